The average molecular weight is 449 g/mol. The molecule has 0 radical (unpaired) electrons. The number of nitrogens with zero attached hydrogens (tertiary/aromatic N) is 2. The first kappa shape index (κ1) is 16.1. The average Bonchev–Trinajstić information content (AvgIpc) is 2.39. The van der Waals surface area contributed by atoms with Crippen LogP contribution in [-0.4, -0.2) is 12.2 Å². The van der Waals surface area contributed by atoms with Gasteiger partial charge in [0.25, 0.3) is 0 Å². The van der Waals surface area contributed by atoms with E-state index in [0.717, 1.165) is 17.4 Å². The first-order chi connectivity index (χ1) is 8.77. The topological polar surface area (TPSA) is 82.6 Å². The number of hydrogen-bond donors (Lipinski definition) is 1. The predicted octanol–water partition coefficient (Wildman–Crippen LogP) is 3.71. The van der Waals surface area contributed by atoms with Crippen LogP contribution in [0.3, 0.4) is 0 Å². The van der Waals surface area contributed by atoms with E-state index < -0.39 is 0 Å². The summed E-state index contributed by atoms with van der Waals surface area (Å²) in [5.74, 6) is -0.126. The van der Waals surface area contributed by atoms with E-state index in [4.69, 9.17) is 5.53 Å². The maximum atomic E-state index is 9.99. The van der Waals surface area contributed by atoms with Crippen molar-refractivity contribution in [2.24, 2.45) is 5.11 Å². The van der Waals surface area contributed by atoms with E-state index in [1.54, 1.807) is 18.2 Å². The van der Waals surface area contributed by atoms with Crippen LogP contribution < -0.4 is 0 Å². The Morgan fingerprint density at radius 1 is 1.32 bits per heavy atom. The van der Waals surface area contributed by atoms with Crippen LogP contribution in [0.25, 0.3) is 16.3 Å². The van der Waals surface area contributed by atoms with Gasteiger partial charge >= 0.3 is 0 Å². The van der Waals surface area contributed by atoms with Crippen LogP contribution in [-0.2, 0) is 35.3 Å². The third kappa shape index (κ3) is 3.52. The molecule has 0 saturated carbocycles. The molecule has 0 aliphatic heterocycles. The third-order valence-corrected chi connectivity index (χ3v) is 2.89. The molecule has 100 valence electrons. The van der Waals surface area contributed by atoms with Gasteiger partial charge in [-0.25, -0.2) is 4.89 Å². The molecule has 0 bridgehead atoms. The second kappa shape index (κ2) is 7.57. The molecule has 0 aliphatic rings. The van der Waals surface area contributed by atoms with Crippen molar-refractivity contribution in [1.82, 2.24) is 0 Å². The fourth-order valence-corrected chi connectivity index (χ4v) is 2.08. The smallest absolute Gasteiger partial charge is 0.148 e. The van der Waals surface area contributed by atoms with Gasteiger partial charge in [-0.2, -0.15) is 0 Å². The van der Waals surface area contributed by atoms with Gasteiger partial charge in [0, 0.05) is 26.5 Å². The van der Waals surface area contributed by atoms with Crippen molar-refractivity contribution < 1.29 is 40.4 Å². The van der Waals surface area contributed by atoms with E-state index in [0.29, 0.717) is 10.3 Å². The van der Waals surface area contributed by atoms with Gasteiger partial charge in [-0.15, -0.1) is 4.33 Å². The fourth-order valence-electron chi connectivity index (χ4n) is 1.53. The Balaban J connectivity index is 0.00000180. The second-order valence-electron chi connectivity index (χ2n) is 3.28. The molecule has 1 N–H and O–H groups in total. The molecule has 0 aliphatic carbocycles. The molecule has 8 heteroatoms. The van der Waals surface area contributed by atoms with Gasteiger partial charge in [-0.05, 0) is 11.5 Å². The van der Waals surface area contributed by atoms with Gasteiger partial charge < -0.3 is 15.8 Å². The van der Waals surface area contributed by atoms with E-state index in [-0.39, 0.29) is 32.5 Å². The Bertz CT molecular complexity index is 582. The Kier molecular flexibility index (Phi) is 6.40. The van der Waals surface area contributed by atoms with Crippen molar-refractivity contribution in [3.05, 3.63) is 35.9 Å². The number of aromatic hydroxyl groups is 1. The van der Waals surface area contributed by atoms with Crippen LogP contribution >= 0.6 is 12.0 Å². The zero-order chi connectivity index (χ0) is 13.0. The maximum absolute atomic E-state index is 9.99. The van der Waals surface area contributed by atoms with Crippen LogP contribution in [0.2, 0.25) is 0 Å². The van der Waals surface area contributed by atoms with Gasteiger partial charge in [0.05, 0.1) is 29.7 Å². The van der Waals surface area contributed by atoms with E-state index in [9.17, 15) is 5.11 Å². The van der Waals surface area contributed by atoms with Gasteiger partial charge in [-0.3, -0.25) is 0 Å². The molecular formula is C11H9N2O4SW-. The standard InChI is InChI=1S/C11H9N2O4S.W/c1-15-16-17-18-9-6-7-4-2-3-5-8(7)11(14)10(9)13-12;/h2-6,14H,1H3;/q-1;. The zero-order valence-corrected chi connectivity index (χ0v) is 13.5. The summed E-state index contributed by atoms with van der Waals surface area (Å²) in [6, 6.07) is 8.85. The van der Waals surface area contributed by atoms with Crippen LogP contribution in [0.5, 0.6) is 5.75 Å². The Hall–Kier alpha value is -0.982. The Morgan fingerprint density at radius 3 is 2.74 bits per heavy atom. The van der Waals surface area contributed by atoms with E-state index in [2.05, 4.69) is 19.4 Å². The molecule has 0 unspecified atom stereocenters. The monoisotopic (exact) mass is 449 g/mol. The van der Waals surface area contributed by atoms with E-state index >= 15 is 0 Å². The molecule has 0 fully saturated rings. The second-order valence-corrected chi connectivity index (χ2v) is 4.02. The van der Waals surface area contributed by atoms with Crippen LogP contribution in [0, 0.1) is 0 Å². The van der Waals surface area contributed by atoms with Gasteiger partial charge in [0.2, 0.25) is 0 Å². The predicted molar refractivity (Wildman–Crippen MR) is 66.1 cm³/mol. The molecule has 2 aromatic carbocycles. The SMILES string of the molecule is COOOSc1cc2ccccc2c(O)c1N=[N-].[W]. The minimum absolute atomic E-state index is 0. The largest absolute Gasteiger partial charge is 0.706 e. The summed E-state index contributed by atoms with van der Waals surface area (Å²) >= 11 is 0.764. The number of rotatable bonds is 5. The number of benzene rings is 2. The van der Waals surface area contributed by atoms with Crippen molar-refractivity contribution in [2.75, 3.05) is 7.11 Å². The molecule has 0 amide bonds. The zero-order valence-electron chi connectivity index (χ0n) is 9.77. The van der Waals surface area contributed by atoms with Crippen molar-refractivity contribution in [2.45, 2.75) is 4.90 Å². The summed E-state index contributed by atoms with van der Waals surface area (Å²) in [5.41, 5.74) is 8.95. The van der Waals surface area contributed by atoms with Gasteiger partial charge in [-0.1, -0.05) is 29.3 Å². The summed E-state index contributed by atoms with van der Waals surface area (Å²) in [6.07, 6.45) is 0. The molecule has 0 saturated heterocycles. The van der Waals surface area contributed by atoms with Gasteiger partial charge in [0.1, 0.15) is 5.75 Å². The molecule has 6 nitrogen and oxygen atoms in total. The quantitative estimate of drug-likeness (QED) is 0.248. The molecule has 2 rings (SSSR count). The van der Waals surface area contributed by atoms with Crippen molar-refractivity contribution in [1.29, 1.82) is 0 Å². The maximum Gasteiger partial charge on any atom is 0.148 e. The van der Waals surface area contributed by atoms with Crippen molar-refractivity contribution in [3.8, 4) is 5.75 Å². The Morgan fingerprint density at radius 2 is 2.05 bits per heavy atom. The first-order valence-corrected chi connectivity index (χ1v) is 5.66. The van der Waals surface area contributed by atoms with Crippen LogP contribution in [0.1, 0.15) is 0 Å². The molecule has 0 spiro atoms. The number of phenolic OH excluding ortho intramolecular Hbond substituents is 1. The van der Waals surface area contributed by atoms with Crippen LogP contribution in [0.15, 0.2) is 40.3 Å². The van der Waals surface area contributed by atoms with Gasteiger partial charge in [0.15, 0.2) is 0 Å². The summed E-state index contributed by atoms with van der Waals surface area (Å²) < 4.78 is 4.63. The first-order valence-electron chi connectivity index (χ1n) is 4.91. The van der Waals surface area contributed by atoms with E-state index in [1.165, 1.54) is 7.11 Å². The van der Waals surface area contributed by atoms with Crippen LogP contribution in [0.4, 0.5) is 5.69 Å². The normalized spacial score (nSPS) is 10.2. The number of phenols is 1. The minimum Gasteiger partial charge on any atom is -0.706 e. The molecular weight excluding hydrogens is 440 g/mol. The van der Waals surface area contributed by atoms with Crippen molar-refractivity contribution in [3.63, 3.8) is 0 Å². The molecule has 0 heterocycles. The summed E-state index contributed by atoms with van der Waals surface area (Å²) in [4.78, 5) is 4.65. The molecule has 0 aromatic heterocycles. The molecule has 0 atom stereocenters. The Labute approximate surface area is 127 Å². The molecule has 19 heavy (non-hydrogen) atoms. The molecule has 2 aromatic rings. The summed E-state index contributed by atoms with van der Waals surface area (Å²) in [5, 5.41) is 18.7. The number of fused-ring (bicyclic) bond motifs is 1. The minimum atomic E-state index is -0.126. The van der Waals surface area contributed by atoms with Crippen molar-refractivity contribution >= 4 is 28.5 Å². The summed E-state index contributed by atoms with van der Waals surface area (Å²) in [7, 11) is 1.29. The fraction of sp³-hybridized carbons (Fsp3) is 0.0909. The third-order valence-electron chi connectivity index (χ3n) is 2.28. The van der Waals surface area contributed by atoms with E-state index in [1.807, 2.05) is 12.1 Å². The summed E-state index contributed by atoms with van der Waals surface area (Å²) in [6.45, 7) is 0. The number of hydrogen-bond acceptors (Lipinski definition) is 6.